The van der Waals surface area contributed by atoms with Crippen LogP contribution < -0.4 is 10.6 Å². The third-order valence-electron chi connectivity index (χ3n) is 5.22. The first-order chi connectivity index (χ1) is 14.5. The number of nitrogens with two attached hydrogens (primary N) is 1. The van der Waals surface area contributed by atoms with Crippen molar-refractivity contribution in [3.63, 3.8) is 0 Å². The molecule has 4 rings (SSSR count). The number of carbonyl (C=O) groups is 2. The Morgan fingerprint density at radius 2 is 1.53 bits per heavy atom. The molecule has 2 N–H and O–H groups in total. The monoisotopic (exact) mass is 398 g/mol. The van der Waals surface area contributed by atoms with Crippen molar-refractivity contribution in [3.8, 4) is 0 Å². The van der Waals surface area contributed by atoms with Crippen molar-refractivity contribution < 1.29 is 14.3 Å². The molecule has 0 fully saturated rings. The number of anilines is 1. The summed E-state index contributed by atoms with van der Waals surface area (Å²) in [5, 5.41) is 0. The molecule has 0 bridgehead atoms. The van der Waals surface area contributed by atoms with E-state index in [0.29, 0.717) is 11.3 Å². The van der Waals surface area contributed by atoms with E-state index in [2.05, 4.69) is 0 Å². The van der Waals surface area contributed by atoms with Crippen molar-refractivity contribution in [3.05, 3.63) is 108 Å². The van der Waals surface area contributed by atoms with Crippen molar-refractivity contribution in [1.82, 2.24) is 0 Å². The lowest BCUT2D eigenvalue weighted by Crippen LogP contribution is -2.59. The van der Waals surface area contributed by atoms with Crippen molar-refractivity contribution in [2.45, 2.75) is 12.1 Å². The average Bonchev–Trinajstić information content (AvgIpc) is 2.88. The molecule has 0 saturated heterocycles. The van der Waals surface area contributed by atoms with E-state index in [4.69, 9.17) is 10.5 Å². The van der Waals surface area contributed by atoms with E-state index < -0.39 is 17.4 Å². The van der Waals surface area contributed by atoms with Gasteiger partial charge in [0.25, 0.3) is 5.91 Å². The number of likely N-dealkylation sites (N-methyl/N-ethyl adjacent to an activating group) is 1. The summed E-state index contributed by atoms with van der Waals surface area (Å²) in [5.74, 6) is -1.33. The Kier molecular flexibility index (Phi) is 5.21. The number of esters is 1. The van der Waals surface area contributed by atoms with Crippen LogP contribution in [-0.2, 0) is 20.9 Å². The number of nitrogens with zero attached hydrogens (tertiary/aromatic N) is 1. The summed E-state index contributed by atoms with van der Waals surface area (Å²) < 4.78 is 5.47. The highest BCUT2D eigenvalue weighted by Gasteiger charge is 2.46. The van der Waals surface area contributed by atoms with Crippen molar-refractivity contribution in [2.24, 2.45) is 5.73 Å². The fourth-order valence-electron chi connectivity index (χ4n) is 3.59. The molecule has 1 heterocycles. The lowest BCUT2D eigenvalue weighted by atomic mass is 9.91. The SMILES string of the molecule is CN1C(=O)C(N)(C(=O)OCc2ccccc2)C=C(c2ccccc2)c2ccccc21. The summed E-state index contributed by atoms with van der Waals surface area (Å²) in [5.41, 5.74) is 8.41. The summed E-state index contributed by atoms with van der Waals surface area (Å²) >= 11 is 0. The summed E-state index contributed by atoms with van der Waals surface area (Å²) in [6, 6.07) is 26.4. The minimum Gasteiger partial charge on any atom is -0.459 e. The molecule has 0 aliphatic carbocycles. The van der Waals surface area contributed by atoms with Gasteiger partial charge < -0.3 is 15.4 Å². The fraction of sp³-hybridized carbons (Fsp3) is 0.120. The molecule has 30 heavy (non-hydrogen) atoms. The van der Waals surface area contributed by atoms with Gasteiger partial charge in [0, 0.05) is 12.6 Å². The van der Waals surface area contributed by atoms with Gasteiger partial charge in [0.1, 0.15) is 6.61 Å². The highest BCUT2D eigenvalue weighted by molar-refractivity contribution is 6.19. The summed E-state index contributed by atoms with van der Waals surface area (Å²) in [6.07, 6.45) is 1.53. The summed E-state index contributed by atoms with van der Waals surface area (Å²) in [6.45, 7) is 0.0388. The topological polar surface area (TPSA) is 72.6 Å². The average molecular weight is 398 g/mol. The molecule has 0 radical (unpaired) electrons. The van der Waals surface area contributed by atoms with Gasteiger partial charge in [-0.05, 0) is 28.8 Å². The van der Waals surface area contributed by atoms with Crippen LogP contribution in [0.15, 0.2) is 91.0 Å². The van der Waals surface area contributed by atoms with Gasteiger partial charge in [0.15, 0.2) is 0 Å². The van der Waals surface area contributed by atoms with Gasteiger partial charge in [-0.1, -0.05) is 78.9 Å². The largest absolute Gasteiger partial charge is 0.459 e. The maximum atomic E-state index is 13.3. The highest BCUT2D eigenvalue weighted by atomic mass is 16.5. The zero-order valence-electron chi connectivity index (χ0n) is 16.6. The van der Waals surface area contributed by atoms with Crippen LogP contribution in [0.4, 0.5) is 5.69 Å². The van der Waals surface area contributed by atoms with Crippen LogP contribution in [0.2, 0.25) is 0 Å². The number of ether oxygens (including phenoxy) is 1. The normalized spacial score (nSPS) is 18.3. The number of carbonyl (C=O) groups excluding carboxylic acids is 2. The van der Waals surface area contributed by atoms with E-state index in [-0.39, 0.29) is 6.61 Å². The molecule has 3 aromatic carbocycles. The first kappa shape index (κ1) is 19.6. The van der Waals surface area contributed by atoms with Crippen LogP contribution in [0.5, 0.6) is 0 Å². The molecule has 1 unspecified atom stereocenters. The van der Waals surface area contributed by atoms with E-state index in [0.717, 1.165) is 16.7 Å². The molecular weight excluding hydrogens is 376 g/mol. The van der Waals surface area contributed by atoms with Gasteiger partial charge in [-0.25, -0.2) is 4.79 Å². The van der Waals surface area contributed by atoms with Crippen molar-refractivity contribution in [1.29, 1.82) is 0 Å². The summed E-state index contributed by atoms with van der Waals surface area (Å²) in [4.78, 5) is 27.8. The van der Waals surface area contributed by atoms with E-state index in [1.165, 1.54) is 11.0 Å². The fourth-order valence-corrected chi connectivity index (χ4v) is 3.59. The molecule has 5 nitrogen and oxygen atoms in total. The second kappa shape index (κ2) is 7.97. The molecule has 1 aliphatic rings. The highest BCUT2D eigenvalue weighted by Crippen LogP contribution is 2.36. The van der Waals surface area contributed by atoms with Crippen LogP contribution in [0, 0.1) is 0 Å². The first-order valence-electron chi connectivity index (χ1n) is 9.66. The minimum absolute atomic E-state index is 0.0388. The van der Waals surface area contributed by atoms with Crippen LogP contribution in [0.25, 0.3) is 5.57 Å². The first-order valence-corrected chi connectivity index (χ1v) is 9.66. The molecular formula is C25H22N2O3. The van der Waals surface area contributed by atoms with Crippen molar-refractivity contribution >= 4 is 23.1 Å². The van der Waals surface area contributed by atoms with Gasteiger partial charge in [-0.15, -0.1) is 0 Å². The Morgan fingerprint density at radius 3 is 2.23 bits per heavy atom. The lowest BCUT2D eigenvalue weighted by Gasteiger charge is -2.26. The van der Waals surface area contributed by atoms with E-state index in [1.807, 2.05) is 84.9 Å². The molecule has 1 aliphatic heterocycles. The Balaban J connectivity index is 1.78. The number of rotatable bonds is 4. The molecule has 3 aromatic rings. The second-order valence-corrected chi connectivity index (χ2v) is 7.24. The molecule has 1 atom stereocenters. The van der Waals surface area contributed by atoms with E-state index in [1.54, 1.807) is 7.05 Å². The van der Waals surface area contributed by atoms with E-state index >= 15 is 0 Å². The number of hydrogen-bond acceptors (Lipinski definition) is 4. The quantitative estimate of drug-likeness (QED) is 0.539. The Bertz CT molecular complexity index is 1110. The summed E-state index contributed by atoms with van der Waals surface area (Å²) in [7, 11) is 1.62. The van der Waals surface area contributed by atoms with Gasteiger partial charge in [0.05, 0.1) is 5.69 Å². The molecule has 0 aromatic heterocycles. The predicted octanol–water partition coefficient (Wildman–Crippen LogP) is 3.54. The molecule has 150 valence electrons. The van der Waals surface area contributed by atoms with Gasteiger partial charge >= 0.3 is 5.97 Å². The predicted molar refractivity (Wildman–Crippen MR) is 117 cm³/mol. The van der Waals surface area contributed by atoms with Crippen LogP contribution in [0.1, 0.15) is 16.7 Å². The number of benzene rings is 3. The Hall–Kier alpha value is -3.70. The number of hydrogen-bond donors (Lipinski definition) is 1. The third-order valence-corrected chi connectivity index (χ3v) is 5.22. The van der Waals surface area contributed by atoms with Gasteiger partial charge in [0.2, 0.25) is 5.54 Å². The number of amides is 1. The molecule has 1 amide bonds. The van der Waals surface area contributed by atoms with Crippen LogP contribution in [-0.4, -0.2) is 24.5 Å². The Morgan fingerprint density at radius 1 is 0.933 bits per heavy atom. The maximum absolute atomic E-state index is 13.3. The maximum Gasteiger partial charge on any atom is 0.340 e. The van der Waals surface area contributed by atoms with Crippen molar-refractivity contribution in [2.75, 3.05) is 11.9 Å². The standard InChI is InChI=1S/C25H22N2O3/c1-27-22-15-9-8-14-20(22)21(19-12-6-3-7-13-19)16-25(26,23(27)28)24(29)30-17-18-10-4-2-5-11-18/h2-16H,17,26H2,1H3. The van der Waals surface area contributed by atoms with Crippen LogP contribution in [0.3, 0.4) is 0 Å². The zero-order chi connectivity index (χ0) is 21.1. The molecule has 0 spiro atoms. The lowest BCUT2D eigenvalue weighted by molar-refractivity contribution is -0.152. The molecule has 0 saturated carbocycles. The molecule has 5 heteroatoms. The van der Waals surface area contributed by atoms with Gasteiger partial charge in [-0.3, -0.25) is 4.79 Å². The zero-order valence-corrected chi connectivity index (χ0v) is 16.6. The second-order valence-electron chi connectivity index (χ2n) is 7.24. The Labute approximate surface area is 175 Å². The van der Waals surface area contributed by atoms with Gasteiger partial charge in [-0.2, -0.15) is 0 Å². The third kappa shape index (κ3) is 3.51. The smallest absolute Gasteiger partial charge is 0.340 e. The van der Waals surface area contributed by atoms with E-state index in [9.17, 15) is 9.59 Å². The minimum atomic E-state index is -1.95. The number of para-hydroxylation sites is 1. The van der Waals surface area contributed by atoms with Crippen LogP contribution >= 0.6 is 0 Å². The number of fused-ring (bicyclic) bond motifs is 1.